The molecule has 0 spiro atoms. The molecule has 1 aliphatic heterocycles. The number of likely N-dealkylation sites (N-methyl/N-ethyl adjacent to an activating group) is 1. The van der Waals surface area contributed by atoms with E-state index in [2.05, 4.69) is 289 Å². The Hall–Kier alpha value is -9.04. The lowest BCUT2D eigenvalue weighted by atomic mass is 10.0. The Morgan fingerprint density at radius 2 is 1.03 bits per heavy atom. The van der Waals surface area contributed by atoms with Gasteiger partial charge in [0.15, 0.2) is 17.6 Å². The highest BCUT2D eigenvalue weighted by Gasteiger charge is 2.31. The zero-order valence-corrected chi connectivity index (χ0v) is 76.1. The Bertz CT molecular complexity index is 5440. The van der Waals surface area contributed by atoms with E-state index < -0.39 is 0 Å². The van der Waals surface area contributed by atoms with Gasteiger partial charge in [0.05, 0.1) is 83.4 Å². The molecule has 0 radical (unpaired) electrons. The zero-order chi connectivity index (χ0) is 80.5. The van der Waals surface area contributed by atoms with Gasteiger partial charge in [-0.15, -0.1) is 11.3 Å². The Balaban J connectivity index is 0.000000171. The summed E-state index contributed by atoms with van der Waals surface area (Å²) in [5.74, 6) is 25.8. The highest BCUT2D eigenvalue weighted by molar-refractivity contribution is 14.1. The lowest BCUT2D eigenvalue weighted by molar-refractivity contribution is -0.0764. The van der Waals surface area contributed by atoms with Crippen molar-refractivity contribution in [2.75, 3.05) is 40.0 Å². The highest BCUT2D eigenvalue weighted by Crippen LogP contribution is 2.36. The number of ether oxygens (including phenoxy) is 4. The van der Waals surface area contributed by atoms with Crippen LogP contribution in [-0.2, 0) is 29.5 Å². The van der Waals surface area contributed by atoms with Crippen LogP contribution < -0.4 is 9.47 Å². The van der Waals surface area contributed by atoms with Gasteiger partial charge in [-0.2, -0.15) is 21.0 Å². The van der Waals surface area contributed by atoms with Crippen LogP contribution in [-0.4, -0.2) is 75.5 Å². The molecule has 13 rings (SSSR count). The van der Waals surface area contributed by atoms with E-state index in [4.69, 9.17) is 40.0 Å². The van der Waals surface area contributed by atoms with Crippen molar-refractivity contribution in [2.45, 2.75) is 58.8 Å². The maximum Gasteiger partial charge on any atom is 0.163 e. The molecule has 2 atom stereocenters. The Morgan fingerprint density at radius 1 is 0.504 bits per heavy atom. The predicted octanol–water partition coefficient (Wildman–Crippen LogP) is 20.8. The number of nitrogens with zero attached hydrogens (tertiary/aromatic N) is 10. The van der Waals surface area contributed by atoms with E-state index in [0.29, 0.717) is 35.5 Å². The van der Waals surface area contributed by atoms with Gasteiger partial charge in [0.2, 0.25) is 0 Å². The van der Waals surface area contributed by atoms with Crippen molar-refractivity contribution in [1.82, 2.24) is 29.4 Å². The number of pyridine rings is 2. The van der Waals surface area contributed by atoms with E-state index in [0.717, 1.165) is 142 Å². The average Bonchev–Trinajstić information content (AvgIpc) is 1.58. The van der Waals surface area contributed by atoms with Gasteiger partial charge in [0.25, 0.3) is 0 Å². The number of aromatic nitrogens is 5. The molecule has 5 heterocycles. The fraction of sp³-hybridized carbons (Fsp3) is 0.174. The normalized spacial score (nSPS) is 11.7. The molecule has 113 heavy (non-hydrogen) atoms. The summed E-state index contributed by atoms with van der Waals surface area (Å²) in [6, 6.07) is 76.8. The molecular weight excluding hydrogens is 2100 g/mol. The molecule has 12 aromatic rings. The molecule has 8 aromatic carbocycles. The Morgan fingerprint density at radius 3 is 1.54 bits per heavy atom. The number of hydrogen-bond acceptors (Lipinski definition) is 14. The second-order valence-electron chi connectivity index (χ2n) is 24.7. The van der Waals surface area contributed by atoms with E-state index in [1.165, 1.54) is 9.13 Å². The molecule has 1 saturated heterocycles. The van der Waals surface area contributed by atoms with Crippen LogP contribution in [0.25, 0.3) is 0 Å². The van der Waals surface area contributed by atoms with Crippen molar-refractivity contribution in [2.24, 2.45) is 7.05 Å². The summed E-state index contributed by atoms with van der Waals surface area (Å²) >= 11 is 14.9. The largest absolute Gasteiger partial charge is 0.490 e. The van der Waals surface area contributed by atoms with E-state index in [-0.39, 0.29) is 12.2 Å². The average molecular weight is 2180 g/mol. The first-order valence-corrected chi connectivity index (χ1v) is 42.6. The number of hydrogen-bond donors (Lipinski definition) is 0. The third-order valence-corrected chi connectivity index (χ3v) is 20.1. The minimum Gasteiger partial charge on any atom is -0.490 e. The van der Waals surface area contributed by atoms with Crippen LogP contribution in [0.5, 0.6) is 11.5 Å². The van der Waals surface area contributed by atoms with Gasteiger partial charge in [-0.1, -0.05) is 109 Å². The molecular formula is C92H74I6N10O4S. The van der Waals surface area contributed by atoms with E-state index >= 15 is 0 Å². The van der Waals surface area contributed by atoms with Crippen molar-refractivity contribution < 1.29 is 18.9 Å². The third kappa shape index (κ3) is 33.9. The number of morpholine rings is 1. The van der Waals surface area contributed by atoms with Crippen LogP contribution in [0.1, 0.15) is 121 Å². The number of benzene rings is 8. The van der Waals surface area contributed by atoms with Gasteiger partial charge in [0, 0.05) is 99.5 Å². The summed E-state index contributed by atoms with van der Waals surface area (Å²) in [5, 5.41) is 38.4. The fourth-order valence-electron chi connectivity index (χ4n) is 10.2. The van der Waals surface area contributed by atoms with Gasteiger partial charge < -0.3 is 28.4 Å². The van der Waals surface area contributed by atoms with Crippen molar-refractivity contribution in [1.29, 1.82) is 21.0 Å². The monoisotopic (exact) mass is 2180 g/mol. The summed E-state index contributed by atoms with van der Waals surface area (Å²) in [5.41, 5.74) is 13.6. The second-order valence-corrected chi connectivity index (χ2v) is 33.3. The summed E-state index contributed by atoms with van der Waals surface area (Å²) in [7, 11) is 4.11. The van der Waals surface area contributed by atoms with Gasteiger partial charge >= 0.3 is 0 Å². The Kier molecular flexibility index (Phi) is 39.3. The van der Waals surface area contributed by atoms with Crippen molar-refractivity contribution in [3.05, 3.63) is 353 Å². The van der Waals surface area contributed by atoms with Crippen LogP contribution in [0, 0.1) is 128 Å². The molecule has 0 bridgehead atoms. The molecule has 0 N–H and O–H groups in total. The maximum absolute atomic E-state index is 8.89. The van der Waals surface area contributed by atoms with Gasteiger partial charge in [-0.25, -0.2) is 19.9 Å². The fourth-order valence-corrected chi connectivity index (χ4v) is 14.3. The molecule has 21 heteroatoms. The molecule has 564 valence electrons. The summed E-state index contributed by atoms with van der Waals surface area (Å²) < 4.78 is 32.6. The lowest BCUT2D eigenvalue weighted by Crippen LogP contribution is -2.44. The molecule has 0 aliphatic carbocycles. The standard InChI is InChI=1S/C21H26INO3.C15H9IN2.C15H8IN.C14H17IN2O.C14H7IN2.C13H7IN2S/c1-3-12-24-18-10-9-17(22)14-19(18)26-21(16-7-5-4-6-8-16)20-15-23(2)11-13-25-20;1-11-3-2-4-15(18-11)6-5-12-7-13(10-17)9-14(16)8-12;16-15-9-13(8-14(10-15)11-17)7-6-12-4-2-1-3-5-12;1-17-9-14(16-11-17)3-2-8-18-10-12-4-6-13(15)7-5-12;15-13-8-11(7-12(9-13)10-16)4-5-14-3-1-2-6-17-14;1-9-16-13(8-17-9)3-2-10-4-11(7-15)6-12(14)5-10/h4-10,14,20-21H,3,11-13,15H2,1-2H3;2-4,7-9H,1H3;1-5,8-10H;4-7,9,11H,2-3,8,10H2,1H3;1-3,6-9H;4-6,8H,1H3. The first-order chi connectivity index (χ1) is 54.8. The van der Waals surface area contributed by atoms with E-state index in [9.17, 15) is 0 Å². The first-order valence-electron chi connectivity index (χ1n) is 35.3. The van der Waals surface area contributed by atoms with Crippen molar-refractivity contribution in [3.63, 3.8) is 0 Å². The first kappa shape index (κ1) is 89.5. The summed E-state index contributed by atoms with van der Waals surface area (Å²) in [4.78, 5) is 19.3. The second kappa shape index (κ2) is 49.6. The molecule has 2 unspecified atom stereocenters. The van der Waals surface area contributed by atoms with Crippen molar-refractivity contribution in [3.8, 4) is 83.1 Å². The van der Waals surface area contributed by atoms with Gasteiger partial charge in [-0.3, -0.25) is 0 Å². The highest BCUT2D eigenvalue weighted by atomic mass is 127. The Labute approximate surface area is 749 Å². The summed E-state index contributed by atoms with van der Waals surface area (Å²) in [6.07, 6.45) is 8.36. The van der Waals surface area contributed by atoms with Crippen LogP contribution >= 0.6 is 147 Å². The van der Waals surface area contributed by atoms with Gasteiger partial charge in [0.1, 0.15) is 23.2 Å². The van der Waals surface area contributed by atoms with Crippen LogP contribution in [0.2, 0.25) is 0 Å². The quantitative estimate of drug-likeness (QED) is 0.0602. The van der Waals surface area contributed by atoms with Crippen LogP contribution in [0.15, 0.2) is 236 Å². The number of thiazole rings is 1. The van der Waals surface area contributed by atoms with Crippen molar-refractivity contribution >= 4 is 147 Å². The molecule has 14 nitrogen and oxygen atoms in total. The lowest BCUT2D eigenvalue weighted by Gasteiger charge is -2.35. The number of rotatable bonds is 13. The number of imidazole rings is 1. The topological polar surface area (TPSA) is 192 Å². The molecule has 0 amide bonds. The molecule has 1 fully saturated rings. The van der Waals surface area contributed by atoms with Gasteiger partial charge in [-0.05, 0) is 344 Å². The maximum atomic E-state index is 8.89. The number of halogens is 6. The van der Waals surface area contributed by atoms with E-state index in [1.807, 2.05) is 189 Å². The predicted molar refractivity (Wildman–Crippen MR) is 498 cm³/mol. The molecule has 4 aromatic heterocycles. The number of aryl methyl sites for hydroxylation is 4. The zero-order valence-electron chi connectivity index (χ0n) is 62.3. The minimum atomic E-state index is -0.180. The van der Waals surface area contributed by atoms with E-state index in [1.54, 1.807) is 41.8 Å². The number of nitriles is 4. The minimum absolute atomic E-state index is 0.0203. The SMILES string of the molecule is CCCOc1ccc(I)cc1OC(c1ccccc1)C1CN(C)CCO1.Cc1cccc(C#Cc2cc(I)cc(C#N)c2)n1.Cc1nc(C#Cc2cc(I)cc(C#N)c2)cs1.Cn1cnc(CCCOCc2ccc(I)cc2)c1.N#Cc1cc(I)cc(C#Cc2ccccc2)c1.N#Cc1cc(I)cc(C#Cc2ccccn2)c1. The van der Waals surface area contributed by atoms with Crippen LogP contribution in [0.3, 0.4) is 0 Å². The molecule has 1 aliphatic rings. The van der Waals surface area contributed by atoms with Crippen LogP contribution in [0.4, 0.5) is 0 Å². The smallest absolute Gasteiger partial charge is 0.163 e. The third-order valence-electron chi connectivity index (χ3n) is 15.5. The molecule has 0 saturated carbocycles. The summed E-state index contributed by atoms with van der Waals surface area (Å²) in [6.45, 7) is 10.7.